The number of ether oxygens (including phenoxy) is 4. The van der Waals surface area contributed by atoms with E-state index in [0.717, 1.165) is 7.11 Å². The van der Waals surface area contributed by atoms with E-state index in [1.165, 1.54) is 56.7 Å². The molecule has 0 fully saturated rings. The van der Waals surface area contributed by atoms with Gasteiger partial charge in [-0.15, -0.1) is 0 Å². The molecule has 0 aliphatic carbocycles. The first-order valence-electron chi connectivity index (χ1n) is 11.3. The normalized spacial score (nSPS) is 20.8. The van der Waals surface area contributed by atoms with Crippen LogP contribution in [-0.4, -0.2) is 48.4 Å². The molecule has 3 aromatic rings. The molecule has 0 aromatic heterocycles. The van der Waals surface area contributed by atoms with Gasteiger partial charge in [-0.05, 0) is 128 Å². The van der Waals surface area contributed by atoms with Crippen LogP contribution in [0.5, 0.6) is 17.2 Å². The topological polar surface area (TPSA) is 132 Å². The number of carbonyl (C=O) groups is 2. The van der Waals surface area contributed by atoms with Crippen LogP contribution < -0.4 is 0 Å². The van der Waals surface area contributed by atoms with Gasteiger partial charge < -0.3 is 29.5 Å². The van der Waals surface area contributed by atoms with E-state index in [9.17, 15) is 24.9 Å². The highest BCUT2D eigenvalue weighted by Gasteiger charge is 2.61. The first-order chi connectivity index (χ1) is 19.3. The summed E-state index contributed by atoms with van der Waals surface area (Å²) >= 11 is 16.4. The van der Waals surface area contributed by atoms with Gasteiger partial charge in [-0.3, -0.25) is 9.53 Å². The van der Waals surface area contributed by atoms with Gasteiger partial charge in [0, 0.05) is 30.9 Å². The second-order valence-electron chi connectivity index (χ2n) is 8.56. The number of aromatic hydroxyl groups is 3. The Balaban J connectivity index is 2.25. The van der Waals surface area contributed by atoms with Crippen LogP contribution in [0.15, 0.2) is 70.4 Å². The Bertz CT molecular complexity index is 1580. The summed E-state index contributed by atoms with van der Waals surface area (Å²) in [6.45, 7) is 0. The van der Waals surface area contributed by atoms with Crippen LogP contribution in [0.4, 0.5) is 0 Å². The number of hydrogen-bond donors (Lipinski definition) is 3. The molecule has 3 N–H and O–H groups in total. The average Bonchev–Trinajstić information content (AvgIpc) is 2.95. The number of methoxy groups -OCH3 is 3. The van der Waals surface area contributed by atoms with E-state index >= 15 is 0 Å². The Morgan fingerprint density at radius 1 is 0.732 bits per heavy atom. The molecule has 0 bridgehead atoms. The van der Waals surface area contributed by atoms with Crippen LogP contribution in [0, 0.1) is 0 Å². The number of rotatable bonds is 6. The Morgan fingerprint density at radius 3 is 1.68 bits per heavy atom. The van der Waals surface area contributed by atoms with Gasteiger partial charge in [0.1, 0.15) is 22.8 Å². The van der Waals surface area contributed by atoms with Gasteiger partial charge in [-0.1, -0.05) is 0 Å². The highest BCUT2D eigenvalue weighted by molar-refractivity contribution is 9.11. The van der Waals surface area contributed by atoms with Crippen molar-refractivity contribution in [1.29, 1.82) is 0 Å². The number of esters is 1. The Labute approximate surface area is 276 Å². The van der Waals surface area contributed by atoms with Crippen molar-refractivity contribution in [3.8, 4) is 17.2 Å². The van der Waals surface area contributed by atoms with Crippen molar-refractivity contribution in [3.63, 3.8) is 0 Å². The van der Waals surface area contributed by atoms with E-state index in [4.69, 9.17) is 18.9 Å². The molecule has 1 aliphatic rings. The molecule has 1 aliphatic heterocycles. The number of phenols is 3. The zero-order chi connectivity index (χ0) is 30.4. The van der Waals surface area contributed by atoms with Crippen molar-refractivity contribution >= 4 is 97.0 Å². The highest BCUT2D eigenvalue weighted by Crippen LogP contribution is 2.54. The first kappa shape index (κ1) is 32.1. The van der Waals surface area contributed by atoms with Gasteiger partial charge in [-0.25, -0.2) is 4.79 Å². The van der Waals surface area contributed by atoms with Crippen LogP contribution in [0.25, 0.3) is 5.57 Å². The summed E-state index contributed by atoms with van der Waals surface area (Å²) in [5.74, 6) is -6.61. The summed E-state index contributed by atoms with van der Waals surface area (Å²) in [4.78, 5) is 28.3. The monoisotopic (exact) mass is 882 g/mol. The van der Waals surface area contributed by atoms with Crippen molar-refractivity contribution in [2.75, 3.05) is 21.3 Å². The van der Waals surface area contributed by atoms with E-state index in [-0.39, 0.29) is 67.4 Å². The summed E-state index contributed by atoms with van der Waals surface area (Å²) in [6.07, 6.45) is 0. The van der Waals surface area contributed by atoms with Crippen molar-refractivity contribution in [2.45, 2.75) is 11.6 Å². The summed E-state index contributed by atoms with van der Waals surface area (Å²) < 4.78 is 24.6. The van der Waals surface area contributed by atoms with Gasteiger partial charge >= 0.3 is 5.97 Å². The van der Waals surface area contributed by atoms with Crippen molar-refractivity contribution in [3.05, 3.63) is 87.1 Å². The number of benzene rings is 3. The molecule has 14 heteroatoms. The molecule has 9 nitrogen and oxygen atoms in total. The largest absolute Gasteiger partial charge is 0.507 e. The van der Waals surface area contributed by atoms with E-state index in [0.29, 0.717) is 0 Å². The number of ketones is 1. The third-order valence-corrected chi connectivity index (χ3v) is 9.44. The fraction of sp³-hybridized carbons (Fsp3) is 0.185. The van der Waals surface area contributed by atoms with E-state index in [1.807, 2.05) is 0 Å². The van der Waals surface area contributed by atoms with Gasteiger partial charge in [0.2, 0.25) is 11.6 Å². The van der Waals surface area contributed by atoms with Crippen LogP contribution >= 0.6 is 79.6 Å². The van der Waals surface area contributed by atoms with Gasteiger partial charge in [0.05, 0.1) is 29.5 Å². The molecule has 0 saturated heterocycles. The lowest BCUT2D eigenvalue weighted by molar-refractivity contribution is -0.333. The first-order valence-corrected chi connectivity index (χ1v) is 15.3. The number of halogens is 5. The van der Waals surface area contributed by atoms with Crippen LogP contribution in [0.1, 0.15) is 16.7 Å². The summed E-state index contributed by atoms with van der Waals surface area (Å²) in [5, 5.41) is 31.0. The Kier molecular flexibility index (Phi) is 9.47. The third-order valence-electron chi connectivity index (χ3n) is 6.39. The number of Topliss-reactive ketones (excluding diaryl/α,β-unsaturated/α-hetero) is 1. The molecule has 0 unspecified atom stereocenters. The molecular formula is C27H19Br5O9. The quantitative estimate of drug-likeness (QED) is 0.221. The molecule has 0 amide bonds. The minimum atomic E-state index is -2.26. The second kappa shape index (κ2) is 12.1. The lowest BCUT2D eigenvalue weighted by atomic mass is 9.80. The maximum Gasteiger partial charge on any atom is 0.340 e. The zero-order valence-corrected chi connectivity index (χ0v) is 29.2. The summed E-state index contributed by atoms with van der Waals surface area (Å²) in [6, 6.07) is 9.99. The van der Waals surface area contributed by atoms with Gasteiger partial charge in [0.25, 0.3) is 5.79 Å². The van der Waals surface area contributed by atoms with E-state index in [2.05, 4.69) is 79.6 Å². The smallest absolute Gasteiger partial charge is 0.340 e. The Morgan fingerprint density at radius 2 is 1.22 bits per heavy atom. The minimum Gasteiger partial charge on any atom is -0.507 e. The number of phenolic OH excluding ortho intramolecular Hbond substituents is 3. The van der Waals surface area contributed by atoms with Crippen molar-refractivity contribution < 1.29 is 43.9 Å². The molecule has 4 rings (SSSR count). The second-order valence-corrected chi connectivity index (χ2v) is 12.8. The maximum absolute atomic E-state index is 14.6. The zero-order valence-electron chi connectivity index (χ0n) is 21.2. The maximum atomic E-state index is 14.6. The lowest BCUT2D eigenvalue weighted by Crippen LogP contribution is -2.55. The van der Waals surface area contributed by atoms with Crippen LogP contribution in [0.2, 0.25) is 0 Å². The molecule has 216 valence electrons. The average molecular weight is 887 g/mol. The molecule has 0 spiro atoms. The van der Waals surface area contributed by atoms with Gasteiger partial charge in [-0.2, -0.15) is 0 Å². The predicted molar refractivity (Wildman–Crippen MR) is 165 cm³/mol. The predicted octanol–water partition coefficient (Wildman–Crippen LogP) is 7.14. The minimum absolute atomic E-state index is 0.106. The third kappa shape index (κ3) is 5.30. The number of hydrogen-bond acceptors (Lipinski definition) is 9. The molecule has 41 heavy (non-hydrogen) atoms. The number of carbonyl (C=O) groups excluding carboxylic acids is 2. The molecule has 1 heterocycles. The SMILES string of the molecule is COC(=O)C1=C(c2cc(Br)c(O)c(Br)c2)C(=O)[C@](OC)(c2ccc(O)c(Br)c2)O[C@]1(OC)c1cc(Br)c(O)c(Br)c1. The summed E-state index contributed by atoms with van der Waals surface area (Å²) in [5.41, 5.74) is -0.0676. The van der Waals surface area contributed by atoms with Crippen LogP contribution in [0.3, 0.4) is 0 Å². The van der Waals surface area contributed by atoms with Crippen LogP contribution in [-0.2, 0) is 40.1 Å². The van der Waals surface area contributed by atoms with Gasteiger partial charge in [0.15, 0.2) is 0 Å². The van der Waals surface area contributed by atoms with Crippen molar-refractivity contribution in [1.82, 2.24) is 0 Å². The fourth-order valence-corrected chi connectivity index (χ4v) is 7.19. The molecular weight excluding hydrogens is 868 g/mol. The fourth-order valence-electron chi connectivity index (χ4n) is 4.44. The molecule has 3 aromatic carbocycles. The van der Waals surface area contributed by atoms with E-state index in [1.54, 1.807) is 0 Å². The Hall–Kier alpha value is -1.78. The van der Waals surface area contributed by atoms with E-state index < -0.39 is 23.3 Å². The van der Waals surface area contributed by atoms with Crippen molar-refractivity contribution in [2.24, 2.45) is 0 Å². The highest BCUT2D eigenvalue weighted by atomic mass is 79.9. The standard InChI is InChI=1S/C27H19Br5O9/c1-38-25(37)21-20(11-6-15(29)22(34)16(30)7-11)24(36)27(40-3,12-4-5-19(33)14(28)8-12)41-26(21,39-2)13-9-17(31)23(35)18(32)10-13/h4-10,33-35H,1-3H3/t26-,27+/m1/s1. The molecule has 0 radical (unpaired) electrons. The lowest BCUT2D eigenvalue weighted by Gasteiger charge is -2.46. The summed E-state index contributed by atoms with van der Waals surface area (Å²) in [7, 11) is 3.64. The molecule has 0 saturated carbocycles. The molecule has 2 atom stereocenters.